The van der Waals surface area contributed by atoms with Crippen molar-refractivity contribution in [2.75, 3.05) is 58.2 Å². The topological polar surface area (TPSA) is 118 Å². The van der Waals surface area contributed by atoms with Crippen LogP contribution in [-0.2, 0) is 14.2 Å². The number of nitrogens with two attached hydrogens (primary N) is 1. The maximum atomic E-state index is 14.4. The van der Waals surface area contributed by atoms with E-state index in [0.29, 0.717) is 49.7 Å². The van der Waals surface area contributed by atoms with E-state index in [-0.39, 0.29) is 40.6 Å². The molecule has 1 heterocycles. The van der Waals surface area contributed by atoms with Gasteiger partial charge in [0.15, 0.2) is 0 Å². The molecule has 2 aromatic carbocycles. The Morgan fingerprint density at radius 3 is 2.22 bits per heavy atom. The molecule has 3 aromatic rings. The molecular formula is C23H24Cl2F2N4O5. The summed E-state index contributed by atoms with van der Waals surface area (Å²) < 4.78 is 47.6. The minimum Gasteiger partial charge on any atom is -0.491 e. The highest BCUT2D eigenvalue weighted by Gasteiger charge is 2.15. The lowest BCUT2D eigenvalue weighted by atomic mass is 10.2. The van der Waals surface area contributed by atoms with E-state index >= 15 is 0 Å². The fourth-order valence-electron chi connectivity index (χ4n) is 2.97. The number of nitrogens with one attached hydrogen (secondary N) is 1. The molecular weight excluding hydrogens is 521 g/mol. The minimum absolute atomic E-state index is 0.00793. The van der Waals surface area contributed by atoms with E-state index in [1.165, 1.54) is 6.07 Å². The van der Waals surface area contributed by atoms with E-state index in [4.69, 9.17) is 47.9 Å². The molecule has 3 rings (SSSR count). The van der Waals surface area contributed by atoms with Crippen molar-refractivity contribution in [1.29, 1.82) is 0 Å². The number of anilines is 2. The van der Waals surface area contributed by atoms with E-state index in [2.05, 4.69) is 15.3 Å². The zero-order valence-corrected chi connectivity index (χ0v) is 20.6. The first kappa shape index (κ1) is 27.8. The lowest BCUT2D eigenvalue weighted by Gasteiger charge is -2.13. The summed E-state index contributed by atoms with van der Waals surface area (Å²) in [4.78, 5) is 20.0. The predicted octanol–water partition coefficient (Wildman–Crippen LogP) is 4.32. The average molecular weight is 545 g/mol. The maximum absolute atomic E-state index is 14.4. The van der Waals surface area contributed by atoms with E-state index < -0.39 is 18.4 Å². The summed E-state index contributed by atoms with van der Waals surface area (Å²) in [6.07, 6.45) is 0. The van der Waals surface area contributed by atoms with Gasteiger partial charge in [0.05, 0.1) is 60.9 Å². The molecule has 0 aliphatic heterocycles. The Morgan fingerprint density at radius 1 is 0.917 bits per heavy atom. The quantitative estimate of drug-likeness (QED) is 0.214. The zero-order chi connectivity index (χ0) is 25.9. The highest BCUT2D eigenvalue weighted by Crippen LogP contribution is 2.32. The second-order valence-corrected chi connectivity index (χ2v) is 8.00. The summed E-state index contributed by atoms with van der Waals surface area (Å²) in [7, 11) is 0. The molecule has 0 unspecified atom stereocenters. The molecule has 194 valence electrons. The Labute approximate surface area is 215 Å². The predicted molar refractivity (Wildman–Crippen MR) is 132 cm³/mol. The van der Waals surface area contributed by atoms with Gasteiger partial charge >= 0.3 is 0 Å². The summed E-state index contributed by atoms with van der Waals surface area (Å²) >= 11 is 11.8. The van der Waals surface area contributed by atoms with Gasteiger partial charge in [0.25, 0.3) is 5.91 Å². The third-order valence-electron chi connectivity index (χ3n) is 4.61. The van der Waals surface area contributed by atoms with Crippen LogP contribution in [0.1, 0.15) is 10.6 Å². The number of nitrogens with zero attached hydrogens (tertiary/aromatic N) is 2. The maximum Gasteiger partial charge on any atom is 0.286 e. The van der Waals surface area contributed by atoms with Gasteiger partial charge in [0.1, 0.15) is 30.7 Å². The fourth-order valence-corrected chi connectivity index (χ4v) is 3.28. The molecule has 0 atom stereocenters. The normalized spacial score (nSPS) is 11.1. The smallest absolute Gasteiger partial charge is 0.286 e. The van der Waals surface area contributed by atoms with Crippen LogP contribution in [0.2, 0.25) is 10.0 Å². The molecule has 1 amide bonds. The highest BCUT2D eigenvalue weighted by molar-refractivity contribution is 6.42. The number of carbonyl (C=O) groups is 1. The second kappa shape index (κ2) is 14.0. The van der Waals surface area contributed by atoms with Crippen LogP contribution in [0.4, 0.5) is 20.3 Å². The number of rotatable bonds is 15. The number of benzene rings is 2. The van der Waals surface area contributed by atoms with Gasteiger partial charge in [0.2, 0.25) is 5.82 Å². The summed E-state index contributed by atoms with van der Waals surface area (Å²) in [6.45, 7) is 1.52. The van der Waals surface area contributed by atoms with Crippen LogP contribution in [0, 0.1) is 5.82 Å². The van der Waals surface area contributed by atoms with Crippen molar-refractivity contribution in [2.24, 2.45) is 5.73 Å². The van der Waals surface area contributed by atoms with Gasteiger partial charge < -0.3 is 30.0 Å². The Kier molecular flexibility index (Phi) is 10.8. The molecule has 0 aliphatic rings. The lowest BCUT2D eigenvalue weighted by molar-refractivity contribution is 0.00751. The molecule has 0 saturated heterocycles. The summed E-state index contributed by atoms with van der Waals surface area (Å²) in [6, 6.07) is 7.30. The van der Waals surface area contributed by atoms with Crippen molar-refractivity contribution in [2.45, 2.75) is 0 Å². The molecule has 0 aliphatic carbocycles. The number of hydrogen-bond donors (Lipinski definition) is 2. The average Bonchev–Trinajstić information content (AvgIpc) is 2.85. The van der Waals surface area contributed by atoms with Crippen molar-refractivity contribution >= 4 is 51.5 Å². The first-order valence-electron chi connectivity index (χ1n) is 10.8. The van der Waals surface area contributed by atoms with E-state index in [1.54, 1.807) is 18.2 Å². The molecule has 0 fully saturated rings. The molecule has 9 nitrogen and oxygen atoms in total. The van der Waals surface area contributed by atoms with Crippen molar-refractivity contribution in [3.05, 3.63) is 52.0 Å². The molecule has 1 aromatic heterocycles. The van der Waals surface area contributed by atoms with Crippen LogP contribution in [0.15, 0.2) is 30.3 Å². The first-order chi connectivity index (χ1) is 17.4. The number of alkyl halides is 1. The van der Waals surface area contributed by atoms with Crippen molar-refractivity contribution in [3.8, 4) is 5.75 Å². The Morgan fingerprint density at radius 2 is 1.56 bits per heavy atom. The van der Waals surface area contributed by atoms with E-state index in [1.807, 2.05) is 0 Å². The van der Waals surface area contributed by atoms with Gasteiger partial charge in [0, 0.05) is 11.5 Å². The van der Waals surface area contributed by atoms with Gasteiger partial charge in [-0.25, -0.2) is 18.7 Å². The Hall–Kier alpha value is -2.83. The SMILES string of the molecule is NC(=O)c1nc(Nc2cc(Cl)c(Cl)cc2F)c2ccc(OCCOCCOCCOCCF)cc2n1. The monoisotopic (exact) mass is 544 g/mol. The number of fused-ring (bicyclic) bond motifs is 1. The summed E-state index contributed by atoms with van der Waals surface area (Å²) in [5, 5.41) is 3.50. The molecule has 13 heteroatoms. The Balaban J connectivity index is 1.60. The van der Waals surface area contributed by atoms with Gasteiger partial charge in [-0.2, -0.15) is 0 Å². The number of amides is 1. The van der Waals surface area contributed by atoms with E-state index in [9.17, 15) is 13.6 Å². The van der Waals surface area contributed by atoms with Gasteiger partial charge in [-0.1, -0.05) is 23.2 Å². The van der Waals surface area contributed by atoms with Gasteiger partial charge in [-0.05, 0) is 24.3 Å². The molecule has 36 heavy (non-hydrogen) atoms. The lowest BCUT2D eigenvalue weighted by Crippen LogP contribution is -2.16. The largest absolute Gasteiger partial charge is 0.491 e. The van der Waals surface area contributed by atoms with Gasteiger partial charge in [-0.3, -0.25) is 4.79 Å². The third kappa shape index (κ3) is 8.10. The van der Waals surface area contributed by atoms with Gasteiger partial charge in [-0.15, -0.1) is 0 Å². The van der Waals surface area contributed by atoms with Crippen molar-refractivity contribution < 1.29 is 32.5 Å². The number of ether oxygens (including phenoxy) is 4. The number of hydrogen-bond acceptors (Lipinski definition) is 8. The van der Waals surface area contributed by atoms with Crippen LogP contribution >= 0.6 is 23.2 Å². The number of aromatic nitrogens is 2. The van der Waals surface area contributed by atoms with Crippen LogP contribution in [0.3, 0.4) is 0 Å². The van der Waals surface area contributed by atoms with E-state index in [0.717, 1.165) is 6.07 Å². The van der Waals surface area contributed by atoms with Crippen LogP contribution < -0.4 is 15.8 Å². The third-order valence-corrected chi connectivity index (χ3v) is 5.34. The van der Waals surface area contributed by atoms with Crippen LogP contribution in [-0.4, -0.2) is 68.8 Å². The van der Waals surface area contributed by atoms with Crippen molar-refractivity contribution in [1.82, 2.24) is 9.97 Å². The molecule has 0 saturated carbocycles. The number of halogens is 4. The fraction of sp³-hybridized carbons (Fsp3) is 0.348. The molecule has 0 radical (unpaired) electrons. The van der Waals surface area contributed by atoms with Crippen molar-refractivity contribution in [3.63, 3.8) is 0 Å². The standard InChI is InChI=1S/C23H24Cl2F2N4O5/c24-16-12-18(27)20(13-17(16)25)30-22-15-2-1-14(11-19(15)29-23(31-22)21(28)32)36-10-9-35-8-7-34-6-5-33-4-3-26/h1-2,11-13H,3-10H2,(H2,28,32)(H,29,30,31). The highest BCUT2D eigenvalue weighted by atomic mass is 35.5. The number of primary amides is 1. The minimum atomic E-state index is -0.856. The summed E-state index contributed by atoms with van der Waals surface area (Å²) in [5.41, 5.74) is 5.73. The zero-order valence-electron chi connectivity index (χ0n) is 19.1. The van der Waals surface area contributed by atoms with Crippen LogP contribution in [0.25, 0.3) is 10.9 Å². The number of carbonyl (C=O) groups excluding carboxylic acids is 1. The molecule has 0 bridgehead atoms. The first-order valence-corrected chi connectivity index (χ1v) is 11.6. The second-order valence-electron chi connectivity index (χ2n) is 7.18. The molecule has 3 N–H and O–H groups in total. The Bertz CT molecular complexity index is 1190. The molecule has 0 spiro atoms. The summed E-state index contributed by atoms with van der Waals surface area (Å²) in [5.74, 6) is -1.16. The van der Waals surface area contributed by atoms with Crippen LogP contribution in [0.5, 0.6) is 5.75 Å².